The Hall–Kier alpha value is -6.66. The van der Waals surface area contributed by atoms with E-state index in [2.05, 4.69) is 243 Å². The lowest BCUT2D eigenvalue weighted by Crippen LogP contribution is -2.88. The van der Waals surface area contributed by atoms with Crippen molar-refractivity contribution in [3.8, 4) is 12.1 Å². The van der Waals surface area contributed by atoms with E-state index in [9.17, 15) is 29.7 Å². The molecule has 0 aromatic heterocycles. The summed E-state index contributed by atoms with van der Waals surface area (Å²) in [4.78, 5) is 48.4. The second kappa shape index (κ2) is 32.6. The predicted octanol–water partition coefficient (Wildman–Crippen LogP) is 15.9. The Morgan fingerprint density at radius 1 is 0.524 bits per heavy atom. The van der Waals surface area contributed by atoms with Crippen molar-refractivity contribution in [3.05, 3.63) is 168 Å². The van der Waals surface area contributed by atoms with E-state index in [1.54, 1.807) is 0 Å². The fourth-order valence-corrected chi connectivity index (χ4v) is 12.7. The van der Waals surface area contributed by atoms with Crippen LogP contribution in [0.4, 0.5) is 4.79 Å². The standard InChI is InChI=1S/2C30H41N.C13H17N3O6/c2*1-24(2)29(23-31)22-28(26-17-11-7-12-18-26)21-27(25-15-9-6-10-16-25)19-13-8-14-20-30(3,4)5;1-21-4-12-6(3-7(17)14-9(12)18)13(5-22-2)8(12)15-11(20)16-10(13)19/h2*6-12,14-18,24,27-29H,13,19-22H2,1-5H3;6,8H,3-5H2,1-2H3,(H,14,17,18)(H2,15,16,19,20)/b2*14-8+;. The summed E-state index contributed by atoms with van der Waals surface area (Å²) < 4.78 is 10.3. The molecule has 7 rings (SSSR count). The lowest BCUT2D eigenvalue weighted by molar-refractivity contribution is -0.221. The number of imide groups is 2. The van der Waals surface area contributed by atoms with E-state index in [-0.39, 0.29) is 31.5 Å². The van der Waals surface area contributed by atoms with Gasteiger partial charge in [-0.05, 0) is 133 Å². The number of amides is 5. The van der Waals surface area contributed by atoms with Crippen molar-refractivity contribution in [1.82, 2.24) is 16.0 Å². The number of nitriles is 2. The molecule has 3 fully saturated rings. The van der Waals surface area contributed by atoms with E-state index < -0.39 is 46.5 Å². The largest absolute Gasteiger partial charge is 0.383 e. The molecule has 1 saturated carbocycles. The monoisotopic (exact) mass is 1140 g/mol. The number of nitrogens with one attached hydrogen (secondary N) is 3. The maximum Gasteiger partial charge on any atom is 0.321 e. The highest BCUT2D eigenvalue weighted by Gasteiger charge is 2.80. The van der Waals surface area contributed by atoms with E-state index in [1.165, 1.54) is 36.5 Å². The van der Waals surface area contributed by atoms with Crippen LogP contribution in [-0.4, -0.2) is 57.2 Å². The van der Waals surface area contributed by atoms with Crippen LogP contribution >= 0.6 is 0 Å². The molecule has 84 heavy (non-hydrogen) atoms. The van der Waals surface area contributed by atoms with Crippen LogP contribution in [0.2, 0.25) is 0 Å². The number of nitrogens with zero attached hydrogens (tertiary/aromatic N) is 2. The van der Waals surface area contributed by atoms with Crippen LogP contribution in [0.1, 0.15) is 186 Å². The number of hydrogen-bond acceptors (Lipinski definition) is 8. The van der Waals surface area contributed by atoms with Crippen LogP contribution in [0, 0.1) is 73.9 Å². The first-order valence-electron chi connectivity index (χ1n) is 30.8. The van der Waals surface area contributed by atoms with Gasteiger partial charge in [0.25, 0.3) is 0 Å². The molecule has 2 heterocycles. The van der Waals surface area contributed by atoms with Gasteiger partial charge in [0.15, 0.2) is 0 Å². The van der Waals surface area contributed by atoms with Crippen LogP contribution in [0.5, 0.6) is 0 Å². The molecule has 11 heteroatoms. The summed E-state index contributed by atoms with van der Waals surface area (Å²) in [6.07, 6.45) is 20.2. The van der Waals surface area contributed by atoms with Crippen molar-refractivity contribution in [2.24, 2.45) is 51.2 Å². The number of rotatable bonds is 26. The van der Waals surface area contributed by atoms with Crippen LogP contribution in [-0.2, 0) is 23.9 Å². The molecular weight excluding hydrogens is 1040 g/mol. The number of urea groups is 1. The summed E-state index contributed by atoms with van der Waals surface area (Å²) in [7, 11) is 2.85. The number of carbonyl (C=O) groups excluding carboxylic acids is 4. The molecule has 0 spiro atoms. The Morgan fingerprint density at radius 3 is 1.19 bits per heavy atom. The van der Waals surface area contributed by atoms with Gasteiger partial charge in [-0.15, -0.1) is 0 Å². The molecule has 0 bridgehead atoms. The van der Waals surface area contributed by atoms with Crippen molar-refractivity contribution in [2.75, 3.05) is 27.4 Å². The zero-order valence-electron chi connectivity index (χ0n) is 52.7. The summed E-state index contributed by atoms with van der Waals surface area (Å²) in [5.41, 5.74) is 3.98. The third-order valence-corrected chi connectivity index (χ3v) is 17.4. The predicted molar refractivity (Wildman–Crippen MR) is 338 cm³/mol. The molecule has 10 atom stereocenters. The van der Waals surface area contributed by atoms with Gasteiger partial charge in [0.05, 0.1) is 42.2 Å². The molecule has 10 unspecified atom stereocenters. The molecule has 3 aliphatic rings. The summed E-state index contributed by atoms with van der Waals surface area (Å²) in [5, 5.41) is 26.6. The summed E-state index contributed by atoms with van der Waals surface area (Å²) in [5.74, 6) is 0.653. The smallest absolute Gasteiger partial charge is 0.321 e. The Kier molecular flexibility index (Phi) is 26.4. The molecule has 4 aromatic rings. The molecule has 5 amide bonds. The summed E-state index contributed by atoms with van der Waals surface area (Å²) >= 11 is 0. The van der Waals surface area contributed by atoms with Crippen molar-refractivity contribution in [2.45, 2.75) is 170 Å². The number of benzene rings is 4. The number of methoxy groups -OCH3 is 2. The fraction of sp³-hybridized carbons (Fsp3) is 0.534. The maximum absolute atomic E-state index is 12.5. The first-order valence-corrected chi connectivity index (χ1v) is 30.8. The van der Waals surface area contributed by atoms with E-state index >= 15 is 0 Å². The van der Waals surface area contributed by atoms with Gasteiger partial charge in [0.1, 0.15) is 0 Å². The number of ether oxygens (including phenoxy) is 2. The van der Waals surface area contributed by atoms with Gasteiger partial charge in [-0.1, -0.05) is 215 Å². The highest BCUT2D eigenvalue weighted by Crippen LogP contribution is 2.63. The fourth-order valence-electron chi connectivity index (χ4n) is 12.7. The van der Waals surface area contributed by atoms with Gasteiger partial charge in [-0.25, -0.2) is 4.79 Å². The minimum atomic E-state index is -1.14. The minimum Gasteiger partial charge on any atom is -0.383 e. The number of carbonyl (C=O) groups is 4. The Bertz CT molecular complexity index is 2600. The minimum absolute atomic E-state index is 0.000467. The first-order chi connectivity index (χ1) is 40.0. The van der Waals surface area contributed by atoms with Crippen molar-refractivity contribution < 1.29 is 28.7 Å². The highest BCUT2D eigenvalue weighted by atomic mass is 16.5. The first kappa shape index (κ1) is 68.1. The number of hydrogen-bond donors (Lipinski definition) is 3. The molecule has 3 N–H and O–H groups in total. The van der Waals surface area contributed by atoms with Gasteiger partial charge in [0.2, 0.25) is 17.7 Å². The second-order valence-corrected chi connectivity index (χ2v) is 26.9. The highest BCUT2D eigenvalue weighted by molar-refractivity contribution is 6.09. The van der Waals surface area contributed by atoms with E-state index in [0.717, 1.165) is 64.2 Å². The van der Waals surface area contributed by atoms with E-state index in [0.29, 0.717) is 46.3 Å². The zero-order valence-corrected chi connectivity index (χ0v) is 52.7. The molecule has 4 aromatic carbocycles. The van der Waals surface area contributed by atoms with Crippen molar-refractivity contribution in [3.63, 3.8) is 0 Å². The molecule has 0 radical (unpaired) electrons. The Balaban J connectivity index is 0.000000234. The van der Waals surface area contributed by atoms with Crippen LogP contribution < -0.4 is 16.0 Å². The number of piperidine rings is 1. The van der Waals surface area contributed by atoms with Gasteiger partial charge in [-0.3, -0.25) is 25.0 Å². The molecular formula is C73H99N5O6. The summed E-state index contributed by atoms with van der Waals surface area (Å²) in [6.45, 7) is 22.4. The van der Waals surface area contributed by atoms with Gasteiger partial charge < -0.3 is 14.8 Å². The second-order valence-electron chi connectivity index (χ2n) is 26.9. The molecule has 452 valence electrons. The molecule has 2 aliphatic heterocycles. The Morgan fingerprint density at radius 2 is 0.869 bits per heavy atom. The normalized spacial score (nSPS) is 21.5. The lowest BCUT2D eigenvalue weighted by atomic mass is 9.39. The third kappa shape index (κ3) is 19.2. The number of fused-ring (bicyclic) bond motifs is 4. The topological polar surface area (TPSA) is 170 Å². The third-order valence-electron chi connectivity index (χ3n) is 17.4. The van der Waals surface area contributed by atoms with Crippen molar-refractivity contribution >= 4 is 23.8 Å². The van der Waals surface area contributed by atoms with Gasteiger partial charge in [-0.2, -0.15) is 10.5 Å². The van der Waals surface area contributed by atoms with E-state index in [1.807, 2.05) is 0 Å². The molecule has 2 saturated heterocycles. The quantitative estimate of drug-likeness (QED) is 0.0412. The number of allylic oxidation sites excluding steroid dienone is 4. The lowest BCUT2D eigenvalue weighted by Gasteiger charge is -2.67. The van der Waals surface area contributed by atoms with E-state index in [4.69, 9.17) is 9.47 Å². The van der Waals surface area contributed by atoms with Gasteiger partial charge in [0, 0.05) is 38.4 Å². The van der Waals surface area contributed by atoms with Crippen LogP contribution in [0.15, 0.2) is 146 Å². The summed E-state index contributed by atoms with van der Waals surface area (Å²) in [6, 6.07) is 47.3. The maximum atomic E-state index is 12.5. The van der Waals surface area contributed by atoms with Crippen molar-refractivity contribution in [1.29, 1.82) is 10.5 Å². The molecule has 11 nitrogen and oxygen atoms in total. The average Bonchev–Trinajstić information content (AvgIpc) is 0.909. The zero-order chi connectivity index (χ0) is 61.5. The van der Waals surface area contributed by atoms with Gasteiger partial charge >= 0.3 is 6.03 Å². The average molecular weight is 1140 g/mol. The van der Waals surface area contributed by atoms with Crippen LogP contribution in [0.25, 0.3) is 0 Å². The SMILES string of the molecule is CC(C)C(C#N)CC(CC(CC/C=C/CC(C)(C)C)c1ccccc1)c1ccccc1.CC(C)C(C#N)CC(CC(CC/C=C/CC(C)(C)C)c1ccccc1)c1ccccc1.COCC12C(=O)NC(=O)CC1C1(COC)C(=O)NC(=O)NC21. The van der Waals surface area contributed by atoms with Crippen LogP contribution in [0.3, 0.4) is 0 Å². The Labute approximate surface area is 504 Å². The molecule has 1 aliphatic carbocycles.